The van der Waals surface area contributed by atoms with Crippen LogP contribution in [0.15, 0.2) is 18.5 Å². The molecule has 0 bridgehead atoms. The predicted molar refractivity (Wildman–Crippen MR) is 51.1 cm³/mol. The molecule has 14 heavy (non-hydrogen) atoms. The van der Waals surface area contributed by atoms with Gasteiger partial charge in [0.25, 0.3) is 0 Å². The van der Waals surface area contributed by atoms with Gasteiger partial charge in [-0.2, -0.15) is 5.26 Å². The van der Waals surface area contributed by atoms with Gasteiger partial charge in [-0.05, 0) is 6.07 Å². The molecule has 2 rings (SSSR count). The summed E-state index contributed by atoms with van der Waals surface area (Å²) in [6, 6.07) is 3.70. The molecule has 2 heterocycles. The van der Waals surface area contributed by atoms with Gasteiger partial charge in [-0.3, -0.25) is 9.20 Å². The number of aromatic nitrogens is 2. The molecular formula is C10H9N3O. The number of carbonyl (C=O) groups excluding carboxylic acids is 1. The molecule has 0 unspecified atom stereocenters. The molecule has 0 N–H and O–H groups in total. The van der Waals surface area contributed by atoms with Gasteiger partial charge in [0, 0.05) is 26.4 Å². The highest BCUT2D eigenvalue weighted by atomic mass is 16.1. The van der Waals surface area contributed by atoms with Crippen molar-refractivity contribution >= 4 is 11.4 Å². The van der Waals surface area contributed by atoms with E-state index in [2.05, 4.69) is 6.07 Å². The van der Waals surface area contributed by atoms with E-state index in [1.807, 2.05) is 17.8 Å². The van der Waals surface area contributed by atoms with Crippen molar-refractivity contribution in [3.05, 3.63) is 29.7 Å². The molecule has 2 aromatic heterocycles. The molecule has 2 aromatic rings. The summed E-state index contributed by atoms with van der Waals surface area (Å²) in [5, 5.41) is 8.89. The highest BCUT2D eigenvalue weighted by Crippen LogP contribution is 2.16. The average molecular weight is 187 g/mol. The Labute approximate surface area is 81.0 Å². The smallest absolute Gasteiger partial charge is 0.176 e. The van der Waals surface area contributed by atoms with Crippen LogP contribution in [0.3, 0.4) is 0 Å². The fourth-order valence-electron chi connectivity index (χ4n) is 1.62. The Bertz CT molecular complexity index is 554. The number of Topliss-reactive ketones (excluding diaryl/α,β-unsaturated/α-hetero) is 1. The third-order valence-corrected chi connectivity index (χ3v) is 2.26. The molecule has 0 spiro atoms. The number of nitrogens with zero attached hydrogens (tertiary/aromatic N) is 3. The number of nitriles is 1. The van der Waals surface area contributed by atoms with Crippen LogP contribution in [0.2, 0.25) is 0 Å². The van der Waals surface area contributed by atoms with Crippen LogP contribution in [0.1, 0.15) is 23.0 Å². The van der Waals surface area contributed by atoms with E-state index in [9.17, 15) is 4.79 Å². The van der Waals surface area contributed by atoms with Crippen LogP contribution in [0.4, 0.5) is 0 Å². The molecule has 0 aliphatic heterocycles. The molecule has 0 aliphatic carbocycles. The summed E-state index contributed by atoms with van der Waals surface area (Å²) >= 11 is 0. The predicted octanol–water partition coefficient (Wildman–Crippen LogP) is 1.35. The summed E-state index contributed by atoms with van der Waals surface area (Å²) in [7, 11) is 1.85. The van der Waals surface area contributed by atoms with E-state index in [4.69, 9.17) is 5.26 Å². The van der Waals surface area contributed by atoms with Gasteiger partial charge in [0.15, 0.2) is 5.78 Å². The van der Waals surface area contributed by atoms with E-state index in [1.165, 1.54) is 6.92 Å². The molecule has 0 saturated heterocycles. The number of rotatable bonds is 1. The van der Waals surface area contributed by atoms with Crippen molar-refractivity contribution in [3.63, 3.8) is 0 Å². The maximum atomic E-state index is 11.3. The highest BCUT2D eigenvalue weighted by molar-refractivity contribution is 5.94. The Morgan fingerprint density at radius 3 is 2.79 bits per heavy atom. The molecule has 0 atom stereocenters. The SMILES string of the molecule is CC(=O)c1cc(C#N)c2n(C)ccn12. The van der Waals surface area contributed by atoms with Crippen LogP contribution in [0.25, 0.3) is 5.65 Å². The van der Waals surface area contributed by atoms with E-state index in [-0.39, 0.29) is 5.78 Å². The molecule has 0 aromatic carbocycles. The number of hydrogen-bond acceptors (Lipinski definition) is 2. The third kappa shape index (κ3) is 0.958. The Morgan fingerprint density at radius 2 is 2.21 bits per heavy atom. The first kappa shape index (κ1) is 8.57. The van der Waals surface area contributed by atoms with Crippen LogP contribution in [-0.2, 0) is 7.05 Å². The van der Waals surface area contributed by atoms with E-state index in [1.54, 1.807) is 16.7 Å². The van der Waals surface area contributed by atoms with Crippen molar-refractivity contribution < 1.29 is 4.79 Å². The van der Waals surface area contributed by atoms with Crippen molar-refractivity contribution in [2.24, 2.45) is 7.05 Å². The lowest BCUT2D eigenvalue weighted by molar-refractivity contribution is 0.101. The van der Waals surface area contributed by atoms with Crippen LogP contribution in [-0.4, -0.2) is 14.8 Å². The first-order valence-corrected chi connectivity index (χ1v) is 4.22. The summed E-state index contributed by atoms with van der Waals surface area (Å²) in [5.74, 6) is -0.0345. The summed E-state index contributed by atoms with van der Waals surface area (Å²) in [6.07, 6.45) is 3.61. The van der Waals surface area contributed by atoms with Gasteiger partial charge >= 0.3 is 0 Å². The van der Waals surface area contributed by atoms with Gasteiger partial charge in [0.05, 0.1) is 11.3 Å². The Kier molecular flexibility index (Phi) is 1.68. The monoisotopic (exact) mass is 187 g/mol. The van der Waals surface area contributed by atoms with Gasteiger partial charge in [-0.1, -0.05) is 0 Å². The molecule has 70 valence electrons. The Hall–Kier alpha value is -2.02. The molecule has 0 radical (unpaired) electrons. The highest BCUT2D eigenvalue weighted by Gasteiger charge is 2.13. The minimum atomic E-state index is -0.0345. The van der Waals surface area contributed by atoms with Crippen molar-refractivity contribution in [1.82, 2.24) is 8.97 Å². The van der Waals surface area contributed by atoms with Crippen molar-refractivity contribution in [2.45, 2.75) is 6.92 Å². The maximum absolute atomic E-state index is 11.3. The zero-order chi connectivity index (χ0) is 10.3. The van der Waals surface area contributed by atoms with Crippen LogP contribution in [0, 0.1) is 11.3 Å². The fraction of sp³-hybridized carbons (Fsp3) is 0.200. The molecule has 4 nitrogen and oxygen atoms in total. The van der Waals surface area contributed by atoms with Gasteiger partial charge in [-0.15, -0.1) is 0 Å². The summed E-state index contributed by atoms with van der Waals surface area (Å²) in [5.41, 5.74) is 1.84. The number of hydrogen-bond donors (Lipinski definition) is 0. The number of carbonyl (C=O) groups is 1. The van der Waals surface area contributed by atoms with Crippen molar-refractivity contribution in [3.8, 4) is 6.07 Å². The van der Waals surface area contributed by atoms with Crippen molar-refractivity contribution in [2.75, 3.05) is 0 Å². The van der Waals surface area contributed by atoms with Gasteiger partial charge in [0.2, 0.25) is 0 Å². The molecule has 0 amide bonds. The van der Waals surface area contributed by atoms with E-state index in [0.717, 1.165) is 5.65 Å². The van der Waals surface area contributed by atoms with Crippen molar-refractivity contribution in [1.29, 1.82) is 5.26 Å². The average Bonchev–Trinajstić information content (AvgIpc) is 2.66. The van der Waals surface area contributed by atoms with Gasteiger partial charge in [-0.25, -0.2) is 0 Å². The van der Waals surface area contributed by atoms with E-state index >= 15 is 0 Å². The molecular weight excluding hydrogens is 178 g/mol. The Balaban J connectivity index is 2.90. The first-order chi connectivity index (χ1) is 6.65. The van der Waals surface area contributed by atoms with Crippen LogP contribution >= 0.6 is 0 Å². The second-order valence-corrected chi connectivity index (χ2v) is 3.21. The molecule has 0 fully saturated rings. The second-order valence-electron chi connectivity index (χ2n) is 3.21. The lowest BCUT2D eigenvalue weighted by Crippen LogP contribution is -1.96. The zero-order valence-corrected chi connectivity index (χ0v) is 7.98. The van der Waals surface area contributed by atoms with Crippen LogP contribution < -0.4 is 0 Å². The topological polar surface area (TPSA) is 50.2 Å². The summed E-state index contributed by atoms with van der Waals surface area (Å²) in [6.45, 7) is 1.50. The number of ketones is 1. The largest absolute Gasteiger partial charge is 0.335 e. The fourth-order valence-corrected chi connectivity index (χ4v) is 1.62. The van der Waals surface area contributed by atoms with Gasteiger partial charge in [0.1, 0.15) is 11.7 Å². The molecule has 4 heteroatoms. The molecule has 0 aliphatic rings. The van der Waals surface area contributed by atoms with Gasteiger partial charge < -0.3 is 4.57 Å². The van der Waals surface area contributed by atoms with Crippen LogP contribution in [0.5, 0.6) is 0 Å². The molecule has 0 saturated carbocycles. The standard InChI is InChI=1S/C10H9N3O/c1-7(14)9-5-8(6-11)10-12(2)3-4-13(9)10/h3-5H,1-2H3. The lowest BCUT2D eigenvalue weighted by Gasteiger charge is -1.92. The number of aryl methyl sites for hydroxylation is 1. The summed E-state index contributed by atoms with van der Waals surface area (Å²) in [4.78, 5) is 11.3. The first-order valence-electron chi connectivity index (χ1n) is 4.22. The summed E-state index contributed by atoms with van der Waals surface area (Å²) < 4.78 is 3.56. The minimum absolute atomic E-state index is 0.0345. The zero-order valence-electron chi connectivity index (χ0n) is 7.98. The Morgan fingerprint density at radius 1 is 1.50 bits per heavy atom. The number of fused-ring (bicyclic) bond motifs is 1. The lowest BCUT2D eigenvalue weighted by atomic mass is 10.3. The maximum Gasteiger partial charge on any atom is 0.176 e. The van der Waals surface area contributed by atoms with E-state index < -0.39 is 0 Å². The minimum Gasteiger partial charge on any atom is -0.335 e. The quantitative estimate of drug-likeness (QED) is 0.633. The number of imidazole rings is 1. The third-order valence-electron chi connectivity index (χ3n) is 2.26. The van der Waals surface area contributed by atoms with E-state index in [0.29, 0.717) is 11.3 Å². The second kappa shape index (κ2) is 2.74. The normalized spacial score (nSPS) is 10.4.